The maximum absolute atomic E-state index is 12.5. The van der Waals surface area contributed by atoms with Crippen LogP contribution in [0.4, 0.5) is 0 Å². The highest BCUT2D eigenvalue weighted by atomic mass is 16.5. The normalized spacial score (nSPS) is 10.8. The van der Waals surface area contributed by atoms with Crippen molar-refractivity contribution in [3.05, 3.63) is 84.1 Å². The highest BCUT2D eigenvalue weighted by Gasteiger charge is 2.13. The SMILES string of the molecule is COc1cc(/C=N\NC(=O)c2cc(-c3ccc(-c4ccccc4)cc3)n[nH]2)cc(OC)c1OC. The van der Waals surface area contributed by atoms with Crippen LogP contribution in [-0.4, -0.2) is 43.6 Å². The van der Waals surface area contributed by atoms with E-state index in [2.05, 4.69) is 32.9 Å². The Morgan fingerprint density at radius 1 is 0.853 bits per heavy atom. The molecular weight excluding hydrogens is 432 g/mol. The molecule has 0 aliphatic rings. The third kappa shape index (κ3) is 4.91. The van der Waals surface area contributed by atoms with E-state index in [0.29, 0.717) is 34.2 Å². The smallest absolute Gasteiger partial charge is 0.289 e. The van der Waals surface area contributed by atoms with Gasteiger partial charge in [-0.05, 0) is 29.3 Å². The number of rotatable bonds is 8. The fraction of sp³-hybridized carbons (Fsp3) is 0.115. The first kappa shape index (κ1) is 22.6. The molecule has 2 N–H and O–H groups in total. The van der Waals surface area contributed by atoms with Gasteiger partial charge in [0.2, 0.25) is 5.75 Å². The van der Waals surface area contributed by atoms with Crippen LogP contribution in [0.15, 0.2) is 77.9 Å². The predicted octanol–water partition coefficient (Wildman–Crippen LogP) is 4.53. The van der Waals surface area contributed by atoms with Crippen molar-refractivity contribution in [3.63, 3.8) is 0 Å². The Balaban J connectivity index is 1.43. The molecule has 0 atom stereocenters. The second kappa shape index (κ2) is 10.4. The number of aromatic nitrogens is 2. The van der Waals surface area contributed by atoms with Crippen molar-refractivity contribution in [2.24, 2.45) is 5.10 Å². The van der Waals surface area contributed by atoms with E-state index >= 15 is 0 Å². The van der Waals surface area contributed by atoms with Crippen molar-refractivity contribution in [3.8, 4) is 39.6 Å². The number of hydrogen-bond donors (Lipinski definition) is 2. The summed E-state index contributed by atoms with van der Waals surface area (Å²) in [6.07, 6.45) is 1.49. The zero-order chi connectivity index (χ0) is 23.9. The van der Waals surface area contributed by atoms with E-state index in [4.69, 9.17) is 14.2 Å². The highest BCUT2D eigenvalue weighted by molar-refractivity contribution is 5.94. The molecule has 0 radical (unpaired) electrons. The molecule has 3 aromatic carbocycles. The number of nitrogens with one attached hydrogen (secondary N) is 2. The Kier molecular flexibility index (Phi) is 6.88. The van der Waals surface area contributed by atoms with Gasteiger partial charge in [0, 0.05) is 11.1 Å². The summed E-state index contributed by atoms with van der Waals surface area (Å²) in [6, 6.07) is 23.3. The van der Waals surface area contributed by atoms with Gasteiger partial charge in [0.05, 0.1) is 33.2 Å². The summed E-state index contributed by atoms with van der Waals surface area (Å²) in [5.41, 5.74) is 7.27. The number of hydrogen-bond acceptors (Lipinski definition) is 6. The van der Waals surface area contributed by atoms with E-state index in [1.54, 1.807) is 18.2 Å². The van der Waals surface area contributed by atoms with Gasteiger partial charge in [-0.15, -0.1) is 0 Å². The van der Waals surface area contributed by atoms with E-state index in [1.807, 2.05) is 42.5 Å². The number of carbonyl (C=O) groups excluding carboxylic acids is 1. The summed E-state index contributed by atoms with van der Waals surface area (Å²) < 4.78 is 16.0. The van der Waals surface area contributed by atoms with Crippen LogP contribution in [0.1, 0.15) is 16.1 Å². The third-order valence-electron chi connectivity index (χ3n) is 5.18. The number of ether oxygens (including phenoxy) is 3. The zero-order valence-corrected chi connectivity index (χ0v) is 19.0. The lowest BCUT2D eigenvalue weighted by Gasteiger charge is -2.12. The van der Waals surface area contributed by atoms with E-state index in [1.165, 1.54) is 27.5 Å². The molecule has 0 spiro atoms. The molecule has 0 aliphatic heterocycles. The molecule has 0 fully saturated rings. The Bertz CT molecular complexity index is 1270. The molecule has 1 amide bonds. The molecule has 4 aromatic rings. The van der Waals surface area contributed by atoms with Crippen LogP contribution in [0, 0.1) is 0 Å². The van der Waals surface area contributed by atoms with Gasteiger partial charge in [0.25, 0.3) is 5.91 Å². The third-order valence-corrected chi connectivity index (χ3v) is 5.18. The summed E-state index contributed by atoms with van der Waals surface area (Å²) in [7, 11) is 4.60. The summed E-state index contributed by atoms with van der Waals surface area (Å²) in [5.74, 6) is 1.05. The second-order valence-corrected chi connectivity index (χ2v) is 7.27. The number of H-pyrrole nitrogens is 1. The zero-order valence-electron chi connectivity index (χ0n) is 19.0. The maximum Gasteiger partial charge on any atom is 0.289 e. The number of nitrogens with zero attached hydrogens (tertiary/aromatic N) is 2. The van der Waals surface area contributed by atoms with Gasteiger partial charge in [-0.2, -0.15) is 10.2 Å². The Labute approximate surface area is 197 Å². The van der Waals surface area contributed by atoms with Crippen molar-refractivity contribution < 1.29 is 19.0 Å². The molecule has 1 aromatic heterocycles. The number of methoxy groups -OCH3 is 3. The molecule has 172 valence electrons. The van der Waals surface area contributed by atoms with Crippen molar-refractivity contribution >= 4 is 12.1 Å². The first-order valence-electron chi connectivity index (χ1n) is 10.5. The molecule has 34 heavy (non-hydrogen) atoms. The van der Waals surface area contributed by atoms with E-state index in [0.717, 1.165) is 16.7 Å². The summed E-state index contributed by atoms with van der Waals surface area (Å²) in [6.45, 7) is 0. The van der Waals surface area contributed by atoms with Gasteiger partial charge in [-0.3, -0.25) is 9.89 Å². The monoisotopic (exact) mass is 456 g/mol. The first-order valence-corrected chi connectivity index (χ1v) is 10.5. The van der Waals surface area contributed by atoms with E-state index < -0.39 is 5.91 Å². The first-order chi connectivity index (χ1) is 16.6. The van der Waals surface area contributed by atoms with Gasteiger partial charge in [-0.25, -0.2) is 5.43 Å². The average molecular weight is 457 g/mol. The largest absolute Gasteiger partial charge is 0.493 e. The molecule has 0 unspecified atom stereocenters. The lowest BCUT2D eigenvalue weighted by Crippen LogP contribution is -2.18. The molecule has 0 saturated carbocycles. The Hall–Kier alpha value is -4.59. The lowest BCUT2D eigenvalue weighted by atomic mass is 10.0. The minimum Gasteiger partial charge on any atom is -0.493 e. The highest BCUT2D eigenvalue weighted by Crippen LogP contribution is 2.37. The van der Waals surface area contributed by atoms with Gasteiger partial charge >= 0.3 is 0 Å². The minimum atomic E-state index is -0.414. The topological polar surface area (TPSA) is 97.8 Å². The van der Waals surface area contributed by atoms with Crippen molar-refractivity contribution in [2.75, 3.05) is 21.3 Å². The molecule has 1 heterocycles. The Morgan fingerprint density at radius 3 is 2.09 bits per heavy atom. The van der Waals surface area contributed by atoms with E-state index in [9.17, 15) is 4.79 Å². The van der Waals surface area contributed by atoms with Crippen LogP contribution in [0.25, 0.3) is 22.4 Å². The van der Waals surface area contributed by atoms with Gasteiger partial charge in [0.15, 0.2) is 11.5 Å². The molecule has 0 aliphatic carbocycles. The maximum atomic E-state index is 12.5. The fourth-order valence-electron chi connectivity index (χ4n) is 3.45. The average Bonchev–Trinajstić information content (AvgIpc) is 3.39. The number of amides is 1. The number of carbonyl (C=O) groups is 1. The quantitative estimate of drug-likeness (QED) is 0.300. The van der Waals surface area contributed by atoms with Crippen LogP contribution in [0.3, 0.4) is 0 Å². The standard InChI is InChI=1S/C26H24N4O4/c1-32-23-13-17(14-24(33-2)25(23)34-3)16-27-30-26(31)22-15-21(28-29-22)20-11-9-19(10-12-20)18-7-5-4-6-8-18/h4-16H,1-3H3,(H,28,29)(H,30,31)/b27-16-. The minimum absolute atomic E-state index is 0.296. The van der Waals surface area contributed by atoms with Crippen molar-refractivity contribution in [1.82, 2.24) is 15.6 Å². The Morgan fingerprint density at radius 2 is 1.47 bits per heavy atom. The molecule has 8 heteroatoms. The van der Waals surface area contributed by atoms with Gasteiger partial charge in [-0.1, -0.05) is 54.6 Å². The molecule has 8 nitrogen and oxygen atoms in total. The molecule has 0 saturated heterocycles. The number of aromatic amines is 1. The van der Waals surface area contributed by atoms with Crippen LogP contribution in [0.2, 0.25) is 0 Å². The van der Waals surface area contributed by atoms with E-state index in [-0.39, 0.29) is 0 Å². The van der Waals surface area contributed by atoms with Crippen molar-refractivity contribution in [1.29, 1.82) is 0 Å². The summed E-state index contributed by atoms with van der Waals surface area (Å²) >= 11 is 0. The molecular formula is C26H24N4O4. The van der Waals surface area contributed by atoms with Crippen molar-refractivity contribution in [2.45, 2.75) is 0 Å². The number of hydrazone groups is 1. The van der Waals surface area contributed by atoms with Crippen LogP contribution >= 0.6 is 0 Å². The fourth-order valence-corrected chi connectivity index (χ4v) is 3.45. The molecule has 0 bridgehead atoms. The van der Waals surface area contributed by atoms with Gasteiger partial charge < -0.3 is 14.2 Å². The summed E-state index contributed by atoms with van der Waals surface area (Å²) in [5, 5.41) is 11.0. The number of benzene rings is 3. The van der Waals surface area contributed by atoms with Crippen LogP contribution in [-0.2, 0) is 0 Å². The van der Waals surface area contributed by atoms with Gasteiger partial charge in [0.1, 0.15) is 5.69 Å². The molecule has 4 rings (SSSR count). The van der Waals surface area contributed by atoms with Crippen LogP contribution < -0.4 is 19.6 Å². The lowest BCUT2D eigenvalue weighted by molar-refractivity contribution is 0.0950. The second-order valence-electron chi connectivity index (χ2n) is 7.27. The predicted molar refractivity (Wildman–Crippen MR) is 131 cm³/mol. The summed E-state index contributed by atoms with van der Waals surface area (Å²) in [4.78, 5) is 12.5. The van der Waals surface area contributed by atoms with Crippen LogP contribution in [0.5, 0.6) is 17.2 Å².